The van der Waals surface area contributed by atoms with Gasteiger partial charge in [-0.3, -0.25) is 9.59 Å². The lowest BCUT2D eigenvalue weighted by Gasteiger charge is -2.08. The Kier molecular flexibility index (Phi) is 4.70. The van der Waals surface area contributed by atoms with E-state index in [2.05, 4.69) is 16.4 Å². The molecule has 1 amide bonds. The minimum Gasteiger partial charge on any atom is -0.326 e. The highest BCUT2D eigenvalue weighted by Gasteiger charge is 2.06. The van der Waals surface area contributed by atoms with E-state index in [1.165, 1.54) is 0 Å². The highest BCUT2D eigenvalue weighted by molar-refractivity contribution is 5.91. The summed E-state index contributed by atoms with van der Waals surface area (Å²) in [5.74, 6) is -0.0116. The quantitative estimate of drug-likeness (QED) is 0.757. The summed E-state index contributed by atoms with van der Waals surface area (Å²) in [5, 5.41) is 3.95. The molecule has 0 aliphatic carbocycles. The van der Waals surface area contributed by atoms with Gasteiger partial charge in [0.1, 0.15) is 0 Å². The van der Waals surface area contributed by atoms with Gasteiger partial charge in [-0.15, -0.1) is 0 Å². The maximum atomic E-state index is 12.2. The number of amides is 1. The van der Waals surface area contributed by atoms with Crippen molar-refractivity contribution in [2.45, 2.75) is 33.6 Å². The summed E-state index contributed by atoms with van der Waals surface area (Å²) in [4.78, 5) is 26.8. The smallest absolute Gasteiger partial charge is 0.251 e. The zero-order valence-corrected chi connectivity index (χ0v) is 14.8. The maximum Gasteiger partial charge on any atom is 0.251 e. The van der Waals surface area contributed by atoms with E-state index >= 15 is 0 Å². The van der Waals surface area contributed by atoms with Crippen LogP contribution in [0.4, 0.5) is 5.69 Å². The van der Waals surface area contributed by atoms with Crippen LogP contribution in [0.15, 0.2) is 47.3 Å². The number of carbonyl (C=O) groups excluding carboxylic acids is 1. The number of aromatic nitrogens is 1. The van der Waals surface area contributed by atoms with Crippen LogP contribution in [0, 0.1) is 20.8 Å². The first-order valence-electron chi connectivity index (χ1n) is 8.41. The first-order valence-corrected chi connectivity index (χ1v) is 8.41. The van der Waals surface area contributed by atoms with Crippen LogP contribution in [-0.4, -0.2) is 10.9 Å². The number of fused-ring (bicyclic) bond motifs is 1. The minimum absolute atomic E-state index is 0.0116. The van der Waals surface area contributed by atoms with Gasteiger partial charge in [0, 0.05) is 23.2 Å². The Morgan fingerprint density at radius 2 is 1.72 bits per heavy atom. The summed E-state index contributed by atoms with van der Waals surface area (Å²) >= 11 is 0. The topological polar surface area (TPSA) is 62.0 Å². The molecular weight excluding hydrogens is 312 g/mol. The highest BCUT2D eigenvalue weighted by atomic mass is 16.1. The third-order valence-electron chi connectivity index (χ3n) is 4.24. The summed E-state index contributed by atoms with van der Waals surface area (Å²) < 4.78 is 0. The van der Waals surface area contributed by atoms with Gasteiger partial charge in [-0.1, -0.05) is 18.2 Å². The molecule has 0 saturated carbocycles. The Balaban J connectivity index is 1.68. The zero-order valence-electron chi connectivity index (χ0n) is 14.8. The van der Waals surface area contributed by atoms with Gasteiger partial charge < -0.3 is 10.3 Å². The van der Waals surface area contributed by atoms with Crippen molar-refractivity contribution in [2.75, 3.05) is 5.32 Å². The van der Waals surface area contributed by atoms with Gasteiger partial charge in [-0.05, 0) is 73.5 Å². The summed E-state index contributed by atoms with van der Waals surface area (Å²) in [7, 11) is 0. The molecule has 0 spiro atoms. The first kappa shape index (κ1) is 17.0. The largest absolute Gasteiger partial charge is 0.326 e. The molecule has 0 atom stereocenters. The van der Waals surface area contributed by atoms with Gasteiger partial charge in [0.2, 0.25) is 5.91 Å². The van der Waals surface area contributed by atoms with Crippen LogP contribution < -0.4 is 10.9 Å². The van der Waals surface area contributed by atoms with Gasteiger partial charge >= 0.3 is 0 Å². The number of nitrogens with one attached hydrogen (secondary N) is 2. The number of anilines is 1. The standard InChI is InChI=1S/C21H22N2O2/c1-13-8-14(2)10-18(9-13)22-20(24)7-5-16-4-6-17-11-15(3)21(25)23-19(17)12-16/h4,6,8-12H,5,7H2,1-3H3,(H,22,24)(H,23,25). The number of hydrogen-bond acceptors (Lipinski definition) is 2. The number of pyridine rings is 1. The number of carbonyl (C=O) groups is 1. The highest BCUT2D eigenvalue weighted by Crippen LogP contribution is 2.16. The molecule has 3 rings (SSSR count). The average molecular weight is 334 g/mol. The molecule has 0 radical (unpaired) electrons. The fourth-order valence-electron chi connectivity index (χ4n) is 3.04. The summed E-state index contributed by atoms with van der Waals surface area (Å²) in [6, 6.07) is 13.8. The van der Waals surface area contributed by atoms with Crippen molar-refractivity contribution in [1.29, 1.82) is 0 Å². The van der Waals surface area contributed by atoms with E-state index in [0.717, 1.165) is 33.3 Å². The molecule has 2 N–H and O–H groups in total. The van der Waals surface area contributed by atoms with Gasteiger partial charge in [0.15, 0.2) is 0 Å². The number of hydrogen-bond donors (Lipinski definition) is 2. The van der Waals surface area contributed by atoms with Crippen LogP contribution in [0.25, 0.3) is 10.9 Å². The van der Waals surface area contributed by atoms with E-state index in [9.17, 15) is 9.59 Å². The van der Waals surface area contributed by atoms with Gasteiger partial charge in [0.25, 0.3) is 5.56 Å². The predicted molar refractivity (Wildman–Crippen MR) is 102 cm³/mol. The van der Waals surface area contributed by atoms with Crippen molar-refractivity contribution >= 4 is 22.5 Å². The monoisotopic (exact) mass is 334 g/mol. The second kappa shape index (κ2) is 6.93. The average Bonchev–Trinajstić information content (AvgIpc) is 2.53. The van der Waals surface area contributed by atoms with Gasteiger partial charge in [0.05, 0.1) is 0 Å². The second-order valence-corrected chi connectivity index (χ2v) is 6.63. The Bertz CT molecular complexity index is 982. The van der Waals surface area contributed by atoms with Crippen molar-refractivity contribution in [2.24, 2.45) is 0 Å². The number of H-pyrrole nitrogens is 1. The first-order chi connectivity index (χ1) is 11.9. The zero-order chi connectivity index (χ0) is 18.0. The van der Waals surface area contributed by atoms with Crippen LogP contribution in [0.2, 0.25) is 0 Å². The number of aryl methyl sites for hydroxylation is 4. The molecule has 0 unspecified atom stereocenters. The normalized spacial score (nSPS) is 10.8. The molecule has 0 bridgehead atoms. The lowest BCUT2D eigenvalue weighted by Crippen LogP contribution is -2.12. The van der Waals surface area contributed by atoms with Crippen LogP contribution >= 0.6 is 0 Å². The molecule has 25 heavy (non-hydrogen) atoms. The van der Waals surface area contributed by atoms with E-state index in [1.807, 2.05) is 50.2 Å². The van der Waals surface area contributed by atoms with Crippen LogP contribution in [0.1, 0.15) is 28.7 Å². The molecular formula is C21H22N2O2. The van der Waals surface area contributed by atoms with Crippen molar-refractivity contribution < 1.29 is 4.79 Å². The fraction of sp³-hybridized carbons (Fsp3) is 0.238. The van der Waals surface area contributed by atoms with E-state index in [0.29, 0.717) is 18.4 Å². The van der Waals surface area contributed by atoms with Gasteiger partial charge in [-0.25, -0.2) is 0 Å². The van der Waals surface area contributed by atoms with Crippen molar-refractivity contribution in [3.05, 3.63) is 75.1 Å². The third kappa shape index (κ3) is 4.15. The lowest BCUT2D eigenvalue weighted by molar-refractivity contribution is -0.116. The molecule has 128 valence electrons. The summed E-state index contributed by atoms with van der Waals surface area (Å²) in [5.41, 5.74) is 5.56. The van der Waals surface area contributed by atoms with Crippen molar-refractivity contribution in [3.8, 4) is 0 Å². The molecule has 2 aromatic carbocycles. The van der Waals surface area contributed by atoms with Crippen LogP contribution in [0.5, 0.6) is 0 Å². The summed E-state index contributed by atoms with van der Waals surface area (Å²) in [6.45, 7) is 5.82. The van der Waals surface area contributed by atoms with Gasteiger partial charge in [-0.2, -0.15) is 0 Å². The second-order valence-electron chi connectivity index (χ2n) is 6.63. The van der Waals surface area contributed by atoms with E-state index in [4.69, 9.17) is 0 Å². The molecule has 3 aromatic rings. The van der Waals surface area contributed by atoms with Crippen LogP contribution in [0.3, 0.4) is 0 Å². The molecule has 4 nitrogen and oxygen atoms in total. The van der Waals surface area contributed by atoms with Crippen molar-refractivity contribution in [3.63, 3.8) is 0 Å². The molecule has 0 fully saturated rings. The lowest BCUT2D eigenvalue weighted by atomic mass is 10.1. The Hall–Kier alpha value is -2.88. The molecule has 0 aliphatic heterocycles. The van der Waals surface area contributed by atoms with E-state index < -0.39 is 0 Å². The maximum absolute atomic E-state index is 12.2. The molecule has 4 heteroatoms. The van der Waals surface area contributed by atoms with Crippen molar-refractivity contribution in [1.82, 2.24) is 4.98 Å². The number of aromatic amines is 1. The van der Waals surface area contributed by atoms with E-state index in [1.54, 1.807) is 6.92 Å². The third-order valence-corrected chi connectivity index (χ3v) is 4.24. The molecule has 1 heterocycles. The number of benzene rings is 2. The van der Waals surface area contributed by atoms with E-state index in [-0.39, 0.29) is 11.5 Å². The fourth-order valence-corrected chi connectivity index (χ4v) is 3.04. The predicted octanol–water partition coefficient (Wildman–Crippen LogP) is 4.02. The van der Waals surface area contributed by atoms with Crippen LogP contribution in [-0.2, 0) is 11.2 Å². The molecule has 0 saturated heterocycles. The Morgan fingerprint density at radius 3 is 2.44 bits per heavy atom. The minimum atomic E-state index is -0.0720. The number of rotatable bonds is 4. The SMILES string of the molecule is Cc1cc(C)cc(NC(=O)CCc2ccc3cc(C)c(=O)[nH]c3c2)c1. The molecule has 1 aromatic heterocycles. The Morgan fingerprint density at radius 1 is 1.00 bits per heavy atom. The summed E-state index contributed by atoms with van der Waals surface area (Å²) in [6.07, 6.45) is 1.02. The Labute approximate surface area is 146 Å². The molecule has 0 aliphatic rings.